The molecule has 0 aromatic carbocycles. The molecule has 0 aromatic rings. The van der Waals surface area contributed by atoms with E-state index in [0.717, 1.165) is 0 Å². The molecule has 0 bridgehead atoms. The predicted molar refractivity (Wildman–Crippen MR) is 57.3 cm³/mol. The Morgan fingerprint density at radius 1 is 1.08 bits per heavy atom. The molecule has 2 heteroatoms. The van der Waals surface area contributed by atoms with Gasteiger partial charge in [0.15, 0.2) is 0 Å². The third-order valence-corrected chi connectivity index (χ3v) is 4.40. The van der Waals surface area contributed by atoms with Crippen molar-refractivity contribution < 1.29 is 4.18 Å². The van der Waals surface area contributed by atoms with Crippen molar-refractivity contribution in [2.24, 2.45) is 11.3 Å². The van der Waals surface area contributed by atoms with E-state index < -0.39 is 0 Å². The first kappa shape index (κ1) is 12.3. The molecule has 0 saturated heterocycles. The fourth-order valence-electron chi connectivity index (χ4n) is 1.01. The van der Waals surface area contributed by atoms with Crippen molar-refractivity contribution in [1.29, 1.82) is 0 Å². The molecule has 0 spiro atoms. The van der Waals surface area contributed by atoms with Gasteiger partial charge in [-0.25, -0.2) is 0 Å². The van der Waals surface area contributed by atoms with Crippen LogP contribution in [0.5, 0.6) is 0 Å². The Kier molecular flexibility index (Phi) is 4.12. The summed E-state index contributed by atoms with van der Waals surface area (Å²) in [5, 5.41) is 0. The minimum absolute atomic E-state index is 0.163. The lowest BCUT2D eigenvalue weighted by molar-refractivity contribution is 0.185. The van der Waals surface area contributed by atoms with Gasteiger partial charge in [0, 0.05) is 4.75 Å². The zero-order valence-electron chi connectivity index (χ0n) is 9.39. The zero-order chi connectivity index (χ0) is 9.99. The third kappa shape index (κ3) is 2.40. The van der Waals surface area contributed by atoms with Crippen molar-refractivity contribution in [2.45, 2.75) is 46.3 Å². The van der Waals surface area contributed by atoms with Crippen LogP contribution < -0.4 is 0 Å². The van der Waals surface area contributed by atoms with Crippen LogP contribution in [0.1, 0.15) is 41.5 Å². The van der Waals surface area contributed by atoms with E-state index in [1.165, 1.54) is 0 Å². The van der Waals surface area contributed by atoms with Crippen LogP contribution in [-0.2, 0) is 4.18 Å². The van der Waals surface area contributed by atoms with Gasteiger partial charge in [0.2, 0.25) is 0 Å². The van der Waals surface area contributed by atoms with E-state index in [-0.39, 0.29) is 10.2 Å². The first-order valence-corrected chi connectivity index (χ1v) is 5.21. The summed E-state index contributed by atoms with van der Waals surface area (Å²) >= 11 is 1.57. The molecule has 0 radical (unpaired) electrons. The second-order valence-corrected chi connectivity index (χ2v) is 6.16. The summed E-state index contributed by atoms with van der Waals surface area (Å²) in [4.78, 5) is 0. The minimum atomic E-state index is 0.163. The van der Waals surface area contributed by atoms with Crippen molar-refractivity contribution in [2.75, 3.05) is 7.11 Å². The van der Waals surface area contributed by atoms with Crippen LogP contribution in [0.25, 0.3) is 0 Å². The molecule has 12 heavy (non-hydrogen) atoms. The number of rotatable bonds is 4. The van der Waals surface area contributed by atoms with Gasteiger partial charge >= 0.3 is 0 Å². The molecule has 0 amide bonds. The van der Waals surface area contributed by atoms with Crippen LogP contribution in [-0.4, -0.2) is 11.9 Å². The SMILES string of the molecule is COSC(C)(C)C(C)(C)C(C)C. The maximum Gasteiger partial charge on any atom is 0.0503 e. The fourth-order valence-corrected chi connectivity index (χ4v) is 1.88. The molecule has 0 heterocycles. The lowest BCUT2D eigenvalue weighted by Gasteiger charge is -2.43. The molecular weight excluding hydrogens is 168 g/mol. The number of hydrogen-bond donors (Lipinski definition) is 0. The summed E-state index contributed by atoms with van der Waals surface area (Å²) in [5.74, 6) is 0.662. The first-order valence-electron chi connectivity index (χ1n) is 4.47. The number of hydrogen-bond acceptors (Lipinski definition) is 2. The standard InChI is InChI=1S/C10H22OS/c1-8(2)9(3,4)10(5,6)12-11-7/h8H,1-7H3. The largest absolute Gasteiger partial charge is 0.318 e. The van der Waals surface area contributed by atoms with Gasteiger partial charge in [-0.3, -0.25) is 0 Å². The maximum absolute atomic E-state index is 5.16. The van der Waals surface area contributed by atoms with Gasteiger partial charge in [0.25, 0.3) is 0 Å². The molecule has 0 aromatic heterocycles. The Hall–Kier alpha value is 0.310. The zero-order valence-corrected chi connectivity index (χ0v) is 10.2. The summed E-state index contributed by atoms with van der Waals surface area (Å²) in [6.45, 7) is 13.6. The van der Waals surface area contributed by atoms with E-state index >= 15 is 0 Å². The monoisotopic (exact) mass is 190 g/mol. The lowest BCUT2D eigenvalue weighted by Crippen LogP contribution is -2.40. The molecule has 0 rings (SSSR count). The molecule has 0 unspecified atom stereocenters. The van der Waals surface area contributed by atoms with E-state index in [4.69, 9.17) is 4.18 Å². The quantitative estimate of drug-likeness (QED) is 0.625. The molecule has 1 nitrogen and oxygen atoms in total. The lowest BCUT2D eigenvalue weighted by atomic mass is 9.72. The highest BCUT2D eigenvalue weighted by Crippen LogP contribution is 2.46. The van der Waals surface area contributed by atoms with Gasteiger partial charge in [-0.1, -0.05) is 27.7 Å². The van der Waals surface area contributed by atoms with Crippen LogP contribution in [0.3, 0.4) is 0 Å². The molecule has 0 aliphatic heterocycles. The summed E-state index contributed by atoms with van der Waals surface area (Å²) in [7, 11) is 1.74. The van der Waals surface area contributed by atoms with Crippen LogP contribution in [0.4, 0.5) is 0 Å². The highest BCUT2D eigenvalue weighted by Gasteiger charge is 2.40. The van der Waals surface area contributed by atoms with Gasteiger partial charge in [-0.2, -0.15) is 0 Å². The predicted octanol–water partition coefficient (Wildman–Crippen LogP) is 3.74. The van der Waals surface area contributed by atoms with Crippen molar-refractivity contribution >= 4 is 12.0 Å². The van der Waals surface area contributed by atoms with Crippen LogP contribution >= 0.6 is 12.0 Å². The average Bonchev–Trinajstić information content (AvgIpc) is 1.86. The molecule has 0 N–H and O–H groups in total. The molecule has 0 atom stereocenters. The highest BCUT2D eigenvalue weighted by molar-refractivity contribution is 7.96. The van der Waals surface area contributed by atoms with Crippen LogP contribution in [0, 0.1) is 11.3 Å². The maximum atomic E-state index is 5.16. The van der Waals surface area contributed by atoms with Gasteiger partial charge in [0.1, 0.15) is 0 Å². The van der Waals surface area contributed by atoms with E-state index in [2.05, 4.69) is 41.5 Å². The first-order chi connectivity index (χ1) is 5.25. The molecular formula is C10H22OS. The van der Waals surface area contributed by atoms with Crippen molar-refractivity contribution in [3.63, 3.8) is 0 Å². The normalized spacial score (nSPS) is 14.0. The molecule has 0 aliphatic carbocycles. The highest BCUT2D eigenvalue weighted by atomic mass is 32.2. The topological polar surface area (TPSA) is 9.23 Å². The summed E-state index contributed by atoms with van der Waals surface area (Å²) in [6.07, 6.45) is 0. The van der Waals surface area contributed by atoms with Gasteiger partial charge < -0.3 is 4.18 Å². The Bertz CT molecular complexity index is 139. The molecule has 0 fully saturated rings. The minimum Gasteiger partial charge on any atom is -0.318 e. The fraction of sp³-hybridized carbons (Fsp3) is 1.00. The molecule has 0 saturated carbocycles. The molecule has 74 valence electrons. The second-order valence-electron chi connectivity index (χ2n) is 4.64. The summed E-state index contributed by atoms with van der Waals surface area (Å²) in [5.41, 5.74) is 0.285. The van der Waals surface area contributed by atoms with Crippen molar-refractivity contribution in [1.82, 2.24) is 0 Å². The van der Waals surface area contributed by atoms with Crippen molar-refractivity contribution in [3.8, 4) is 0 Å². The van der Waals surface area contributed by atoms with E-state index in [9.17, 15) is 0 Å². The Morgan fingerprint density at radius 2 is 1.50 bits per heavy atom. The van der Waals surface area contributed by atoms with E-state index in [1.807, 2.05) is 0 Å². The average molecular weight is 190 g/mol. The summed E-state index contributed by atoms with van der Waals surface area (Å²) < 4.78 is 5.32. The van der Waals surface area contributed by atoms with Gasteiger partial charge in [0.05, 0.1) is 7.11 Å². The Labute approximate surface area is 81.5 Å². The van der Waals surface area contributed by atoms with Gasteiger partial charge in [-0.15, -0.1) is 0 Å². The third-order valence-electron chi connectivity index (χ3n) is 3.29. The Balaban J connectivity index is 4.50. The summed E-state index contributed by atoms with van der Waals surface area (Å²) in [6, 6.07) is 0. The van der Waals surface area contributed by atoms with Crippen LogP contribution in [0.15, 0.2) is 0 Å². The molecule has 0 aliphatic rings. The van der Waals surface area contributed by atoms with Gasteiger partial charge in [-0.05, 0) is 37.2 Å². The van der Waals surface area contributed by atoms with Crippen LogP contribution in [0.2, 0.25) is 0 Å². The Morgan fingerprint density at radius 3 is 1.75 bits per heavy atom. The van der Waals surface area contributed by atoms with Crippen molar-refractivity contribution in [3.05, 3.63) is 0 Å². The second kappa shape index (κ2) is 4.01. The smallest absolute Gasteiger partial charge is 0.0503 e. The van der Waals surface area contributed by atoms with E-state index in [1.54, 1.807) is 19.2 Å². The van der Waals surface area contributed by atoms with E-state index in [0.29, 0.717) is 5.92 Å².